The van der Waals surface area contributed by atoms with Crippen molar-refractivity contribution in [3.05, 3.63) is 35.3 Å². The van der Waals surface area contributed by atoms with Gasteiger partial charge in [0, 0.05) is 60.6 Å². The predicted octanol–water partition coefficient (Wildman–Crippen LogP) is 4.50. The molecule has 1 saturated carbocycles. The van der Waals surface area contributed by atoms with Crippen molar-refractivity contribution in [1.82, 2.24) is 20.5 Å². The minimum atomic E-state index is -1.36. The van der Waals surface area contributed by atoms with Crippen molar-refractivity contribution < 1.29 is 19.0 Å². The summed E-state index contributed by atoms with van der Waals surface area (Å²) >= 11 is 1.69. The Morgan fingerprint density at radius 2 is 2.11 bits per heavy atom. The number of nitrogens with one attached hydrogen (secondary N) is 2. The van der Waals surface area contributed by atoms with Crippen LogP contribution in [0, 0.1) is 5.92 Å². The van der Waals surface area contributed by atoms with Crippen LogP contribution < -0.4 is 15.4 Å². The third-order valence-corrected chi connectivity index (χ3v) is 9.03. The monoisotopic (exact) mass is 502 g/mol. The van der Waals surface area contributed by atoms with E-state index < -0.39 is 11.8 Å². The molecule has 3 fully saturated rings. The summed E-state index contributed by atoms with van der Waals surface area (Å²) in [6.45, 7) is 2.49. The molecule has 4 unspecified atom stereocenters. The molecule has 3 aliphatic rings. The zero-order chi connectivity index (χ0) is 24.4. The SMILES string of the molecule is COc1ccc(-c2ncc(C3CC3NCC3(F)CCN(C(=O)O)C(CC4CCNCC4)C3)s2)cc1. The third-order valence-electron chi connectivity index (χ3n) is 7.85. The van der Waals surface area contributed by atoms with Gasteiger partial charge in [-0.25, -0.2) is 14.2 Å². The maximum Gasteiger partial charge on any atom is 0.407 e. The number of thiazole rings is 1. The van der Waals surface area contributed by atoms with E-state index in [9.17, 15) is 9.90 Å². The molecule has 1 amide bonds. The lowest BCUT2D eigenvalue weighted by Gasteiger charge is -2.43. The number of hydrogen-bond acceptors (Lipinski definition) is 6. The lowest BCUT2D eigenvalue weighted by molar-refractivity contribution is 0.0131. The summed E-state index contributed by atoms with van der Waals surface area (Å²) in [5.41, 5.74) is -0.293. The Hall–Kier alpha value is -2.23. The van der Waals surface area contributed by atoms with E-state index in [0.29, 0.717) is 11.8 Å². The van der Waals surface area contributed by atoms with E-state index in [0.717, 1.165) is 55.1 Å². The number of benzene rings is 1. The molecule has 5 rings (SSSR count). The average molecular weight is 503 g/mol. The van der Waals surface area contributed by atoms with Crippen LogP contribution in [-0.4, -0.2) is 72.1 Å². The number of hydrogen-bond donors (Lipinski definition) is 3. The van der Waals surface area contributed by atoms with Crippen molar-refractivity contribution >= 4 is 17.4 Å². The zero-order valence-electron chi connectivity index (χ0n) is 20.2. The average Bonchev–Trinajstić information content (AvgIpc) is 3.48. The first kappa shape index (κ1) is 24.5. The second-order valence-corrected chi connectivity index (χ2v) is 11.4. The Balaban J connectivity index is 1.15. The van der Waals surface area contributed by atoms with Crippen molar-refractivity contribution in [2.45, 2.75) is 62.2 Å². The second-order valence-electron chi connectivity index (χ2n) is 10.3. The number of methoxy groups -OCH3 is 1. The number of carbonyl (C=O) groups is 1. The molecule has 2 aromatic rings. The van der Waals surface area contributed by atoms with Crippen molar-refractivity contribution in [2.75, 3.05) is 33.3 Å². The van der Waals surface area contributed by atoms with E-state index in [2.05, 4.69) is 15.6 Å². The number of rotatable bonds is 8. The molecule has 35 heavy (non-hydrogen) atoms. The number of piperidine rings is 2. The molecular weight excluding hydrogens is 467 g/mol. The number of nitrogens with zero attached hydrogens (tertiary/aromatic N) is 2. The van der Waals surface area contributed by atoms with Crippen LogP contribution in [-0.2, 0) is 0 Å². The van der Waals surface area contributed by atoms with E-state index >= 15 is 4.39 Å². The molecule has 1 aliphatic carbocycles. The van der Waals surface area contributed by atoms with Gasteiger partial charge in [0.1, 0.15) is 16.4 Å². The van der Waals surface area contributed by atoms with Crippen molar-refractivity contribution in [3.8, 4) is 16.3 Å². The van der Waals surface area contributed by atoms with Gasteiger partial charge in [0.05, 0.1) is 7.11 Å². The first-order chi connectivity index (χ1) is 16.9. The van der Waals surface area contributed by atoms with Crippen LogP contribution in [0.25, 0.3) is 10.6 Å². The largest absolute Gasteiger partial charge is 0.497 e. The smallest absolute Gasteiger partial charge is 0.407 e. The number of amides is 1. The second kappa shape index (κ2) is 10.4. The van der Waals surface area contributed by atoms with E-state index in [1.54, 1.807) is 18.4 Å². The maximum absolute atomic E-state index is 15.9. The summed E-state index contributed by atoms with van der Waals surface area (Å²) in [6, 6.07) is 7.92. The Bertz CT molecular complexity index is 1010. The summed E-state index contributed by atoms with van der Waals surface area (Å²) in [7, 11) is 1.66. The number of halogens is 1. The summed E-state index contributed by atoms with van der Waals surface area (Å²) in [5.74, 6) is 1.66. The molecule has 1 aromatic heterocycles. The molecule has 4 atom stereocenters. The van der Waals surface area contributed by atoms with Gasteiger partial charge < -0.3 is 25.4 Å². The molecule has 1 aromatic carbocycles. The Morgan fingerprint density at radius 1 is 1.34 bits per heavy atom. The molecule has 3 heterocycles. The normalized spacial score (nSPS) is 29.2. The molecule has 7 nitrogen and oxygen atoms in total. The van der Waals surface area contributed by atoms with Gasteiger partial charge in [-0.3, -0.25) is 0 Å². The minimum Gasteiger partial charge on any atom is -0.497 e. The topological polar surface area (TPSA) is 86.7 Å². The highest BCUT2D eigenvalue weighted by atomic mass is 32.1. The van der Waals surface area contributed by atoms with Gasteiger partial charge in [-0.2, -0.15) is 0 Å². The van der Waals surface area contributed by atoms with Crippen LogP contribution in [0.1, 0.15) is 49.3 Å². The molecule has 2 saturated heterocycles. The van der Waals surface area contributed by atoms with Crippen LogP contribution in [0.5, 0.6) is 5.75 Å². The number of ether oxygens (including phenoxy) is 1. The van der Waals surface area contributed by atoms with E-state index in [4.69, 9.17) is 4.74 Å². The first-order valence-electron chi connectivity index (χ1n) is 12.7. The molecule has 9 heteroatoms. The minimum absolute atomic E-state index is 0.236. The predicted molar refractivity (Wildman–Crippen MR) is 135 cm³/mol. The van der Waals surface area contributed by atoms with Crippen LogP contribution >= 0.6 is 11.3 Å². The summed E-state index contributed by atoms with van der Waals surface area (Å²) in [4.78, 5) is 19.1. The highest BCUT2D eigenvalue weighted by Gasteiger charge is 2.45. The van der Waals surface area contributed by atoms with Gasteiger partial charge in [0.15, 0.2) is 0 Å². The van der Waals surface area contributed by atoms with Crippen LogP contribution in [0.3, 0.4) is 0 Å². The van der Waals surface area contributed by atoms with Crippen molar-refractivity contribution in [2.24, 2.45) is 5.92 Å². The van der Waals surface area contributed by atoms with Crippen LogP contribution in [0.4, 0.5) is 9.18 Å². The molecule has 0 radical (unpaired) electrons. The van der Waals surface area contributed by atoms with Gasteiger partial charge in [-0.15, -0.1) is 11.3 Å². The Kier molecular flexibility index (Phi) is 7.27. The first-order valence-corrected chi connectivity index (χ1v) is 13.5. The van der Waals surface area contributed by atoms with E-state index in [1.165, 1.54) is 9.78 Å². The van der Waals surface area contributed by atoms with Crippen LogP contribution in [0.15, 0.2) is 30.5 Å². The quantitative estimate of drug-likeness (QED) is 0.493. The molecule has 3 N–H and O–H groups in total. The van der Waals surface area contributed by atoms with Gasteiger partial charge in [-0.1, -0.05) is 0 Å². The highest BCUT2D eigenvalue weighted by molar-refractivity contribution is 7.15. The lowest BCUT2D eigenvalue weighted by Crippen LogP contribution is -2.54. The van der Waals surface area contributed by atoms with Crippen molar-refractivity contribution in [3.63, 3.8) is 0 Å². The molecule has 0 spiro atoms. The standard InChI is InChI=1S/C26H35FN4O3S/c1-34-20-4-2-18(3-5-20)24-29-15-23(35-24)21-13-22(21)30-16-26(27)8-11-31(25(32)33)19(14-26)12-17-6-9-28-10-7-17/h2-5,15,17,19,21-22,28,30H,6-14,16H2,1H3,(H,32,33). The fourth-order valence-electron chi connectivity index (χ4n) is 5.64. The van der Waals surface area contributed by atoms with Gasteiger partial charge in [-0.05, 0) is 69.0 Å². The number of alkyl halides is 1. The maximum atomic E-state index is 15.9. The fourth-order valence-corrected chi connectivity index (χ4v) is 6.74. The fraction of sp³-hybridized carbons (Fsp3) is 0.615. The number of likely N-dealkylation sites (tertiary alicyclic amines) is 1. The number of carboxylic acid groups (broad SMARTS) is 1. The molecular formula is C26H35FN4O3S. The summed E-state index contributed by atoms with van der Waals surface area (Å²) in [5, 5.41) is 17.5. The molecule has 0 bridgehead atoms. The molecule has 190 valence electrons. The summed E-state index contributed by atoms with van der Waals surface area (Å²) in [6.07, 6.45) is 5.41. The lowest BCUT2D eigenvalue weighted by atomic mass is 9.81. The highest BCUT2D eigenvalue weighted by Crippen LogP contribution is 2.45. The molecule has 2 aliphatic heterocycles. The van der Waals surface area contributed by atoms with Gasteiger partial charge >= 0.3 is 6.09 Å². The van der Waals surface area contributed by atoms with E-state index in [1.807, 2.05) is 30.5 Å². The zero-order valence-corrected chi connectivity index (χ0v) is 21.0. The van der Waals surface area contributed by atoms with Crippen LogP contribution in [0.2, 0.25) is 0 Å². The Morgan fingerprint density at radius 3 is 2.83 bits per heavy atom. The van der Waals surface area contributed by atoms with Gasteiger partial charge in [0.25, 0.3) is 0 Å². The van der Waals surface area contributed by atoms with E-state index in [-0.39, 0.29) is 38.0 Å². The Labute approximate surface area is 210 Å². The van der Waals surface area contributed by atoms with Gasteiger partial charge in [0.2, 0.25) is 0 Å². The number of aromatic nitrogens is 1. The van der Waals surface area contributed by atoms with Crippen molar-refractivity contribution in [1.29, 1.82) is 0 Å². The summed E-state index contributed by atoms with van der Waals surface area (Å²) < 4.78 is 21.1. The third kappa shape index (κ3) is 5.78.